The van der Waals surface area contributed by atoms with Gasteiger partial charge in [0.05, 0.1) is 11.3 Å². The van der Waals surface area contributed by atoms with Crippen LogP contribution in [-0.2, 0) is 10.0 Å². The average molecular weight is 517 g/mol. The molecule has 0 saturated carbocycles. The topological polar surface area (TPSA) is 84.9 Å². The van der Waals surface area contributed by atoms with Gasteiger partial charge in [-0.2, -0.15) is 0 Å². The van der Waals surface area contributed by atoms with Gasteiger partial charge < -0.3 is 14.8 Å². The summed E-state index contributed by atoms with van der Waals surface area (Å²) in [6.45, 7) is 3.88. The van der Waals surface area contributed by atoms with Crippen LogP contribution in [0.3, 0.4) is 0 Å². The maximum atomic E-state index is 13.2. The molecule has 0 unspecified atom stereocenters. The number of hydrogen-bond acceptors (Lipinski definition) is 5. The van der Waals surface area contributed by atoms with Gasteiger partial charge in [0.2, 0.25) is 10.0 Å². The van der Waals surface area contributed by atoms with Crippen molar-refractivity contribution < 1.29 is 22.7 Å². The summed E-state index contributed by atoms with van der Waals surface area (Å²) >= 11 is 3.37. The first-order valence-corrected chi connectivity index (χ1v) is 12.1. The number of halogens is 1. The maximum absolute atomic E-state index is 13.2. The van der Waals surface area contributed by atoms with E-state index in [0.29, 0.717) is 17.2 Å². The standard InChI is InChI=1S/C23H21BrN2O5S/c1-4-26(3)32(28,29)22-12-17-20(13-21(22)30-16-8-6-15(24)7-9-16)31-19-10-5-14(2)11-18(19)25-23(17)27/h5-13H,4H2,1-3H3,(H,25,27). The molecule has 3 aromatic rings. The second kappa shape index (κ2) is 8.57. The quantitative estimate of drug-likeness (QED) is 0.480. The highest BCUT2D eigenvalue weighted by atomic mass is 79.9. The number of carbonyl (C=O) groups excluding carboxylic acids is 1. The Balaban J connectivity index is 1.89. The predicted molar refractivity (Wildman–Crippen MR) is 125 cm³/mol. The van der Waals surface area contributed by atoms with Gasteiger partial charge in [-0.25, -0.2) is 12.7 Å². The molecule has 0 saturated heterocycles. The summed E-state index contributed by atoms with van der Waals surface area (Å²) in [6.07, 6.45) is 0. The second-order valence-corrected chi connectivity index (χ2v) is 10.3. The van der Waals surface area contributed by atoms with Gasteiger partial charge >= 0.3 is 0 Å². The largest absolute Gasteiger partial charge is 0.456 e. The molecule has 0 bridgehead atoms. The van der Waals surface area contributed by atoms with E-state index in [1.807, 2.05) is 13.0 Å². The van der Waals surface area contributed by atoms with Crippen LogP contribution in [0.5, 0.6) is 23.0 Å². The first kappa shape index (κ1) is 22.3. The summed E-state index contributed by atoms with van der Waals surface area (Å²) in [4.78, 5) is 12.8. The van der Waals surface area contributed by atoms with Crippen molar-refractivity contribution in [1.29, 1.82) is 0 Å². The number of nitrogens with zero attached hydrogens (tertiary/aromatic N) is 1. The van der Waals surface area contributed by atoms with Gasteiger partial charge in [0.15, 0.2) is 11.5 Å². The Morgan fingerprint density at radius 3 is 2.47 bits per heavy atom. The zero-order chi connectivity index (χ0) is 23.0. The first-order chi connectivity index (χ1) is 15.2. The molecule has 0 fully saturated rings. The zero-order valence-electron chi connectivity index (χ0n) is 17.7. The van der Waals surface area contributed by atoms with Gasteiger partial charge in [0, 0.05) is 24.1 Å². The SMILES string of the molecule is CCN(C)S(=O)(=O)c1cc2c(cc1Oc1ccc(Br)cc1)Oc1ccc(C)cc1NC2=O. The van der Waals surface area contributed by atoms with Crippen molar-refractivity contribution in [3.63, 3.8) is 0 Å². The van der Waals surface area contributed by atoms with Crippen molar-refractivity contribution in [2.75, 3.05) is 18.9 Å². The third-order valence-corrected chi connectivity index (χ3v) is 7.55. The molecule has 32 heavy (non-hydrogen) atoms. The molecule has 0 aromatic heterocycles. The van der Waals surface area contributed by atoms with E-state index in [1.165, 1.54) is 23.5 Å². The van der Waals surface area contributed by atoms with Crippen LogP contribution in [0.15, 0.2) is 64.0 Å². The summed E-state index contributed by atoms with van der Waals surface area (Å²) in [6, 6.07) is 15.2. The highest BCUT2D eigenvalue weighted by Crippen LogP contribution is 2.42. The van der Waals surface area contributed by atoms with E-state index >= 15 is 0 Å². The van der Waals surface area contributed by atoms with Crippen molar-refractivity contribution in [3.05, 3.63) is 70.2 Å². The van der Waals surface area contributed by atoms with Gasteiger partial charge in [-0.05, 0) is 55.0 Å². The Morgan fingerprint density at radius 2 is 1.78 bits per heavy atom. The van der Waals surface area contributed by atoms with Crippen LogP contribution in [0.2, 0.25) is 0 Å². The molecule has 0 radical (unpaired) electrons. The fourth-order valence-electron chi connectivity index (χ4n) is 3.19. The molecule has 1 N–H and O–H groups in total. The molecular formula is C23H21BrN2O5S. The van der Waals surface area contributed by atoms with Crippen LogP contribution in [0.1, 0.15) is 22.8 Å². The first-order valence-electron chi connectivity index (χ1n) is 9.86. The lowest BCUT2D eigenvalue weighted by Gasteiger charge is -2.19. The summed E-state index contributed by atoms with van der Waals surface area (Å²) in [5.41, 5.74) is 1.56. The van der Waals surface area contributed by atoms with E-state index in [1.54, 1.807) is 43.3 Å². The minimum absolute atomic E-state index is 0.0646. The van der Waals surface area contributed by atoms with Gasteiger partial charge in [0.25, 0.3) is 5.91 Å². The zero-order valence-corrected chi connectivity index (χ0v) is 20.1. The maximum Gasteiger partial charge on any atom is 0.259 e. The molecular weight excluding hydrogens is 496 g/mol. The molecule has 3 aromatic carbocycles. The molecule has 1 aliphatic heterocycles. The average Bonchev–Trinajstić information content (AvgIpc) is 2.89. The van der Waals surface area contributed by atoms with E-state index in [-0.39, 0.29) is 28.5 Å². The highest BCUT2D eigenvalue weighted by Gasteiger charge is 2.30. The van der Waals surface area contributed by atoms with E-state index in [9.17, 15) is 13.2 Å². The number of fused-ring (bicyclic) bond motifs is 2. The number of amides is 1. The number of rotatable bonds is 5. The predicted octanol–water partition coefficient (Wildman–Crippen LogP) is 5.55. The van der Waals surface area contributed by atoms with Crippen LogP contribution in [0.25, 0.3) is 0 Å². The molecule has 1 amide bonds. The summed E-state index contributed by atoms with van der Waals surface area (Å²) in [5, 5.41) is 2.80. The van der Waals surface area contributed by atoms with Crippen LogP contribution < -0.4 is 14.8 Å². The number of hydrogen-bond donors (Lipinski definition) is 1. The van der Waals surface area contributed by atoms with E-state index in [4.69, 9.17) is 9.47 Å². The number of benzene rings is 3. The van der Waals surface area contributed by atoms with Crippen LogP contribution in [0, 0.1) is 6.92 Å². The molecule has 0 spiro atoms. The smallest absolute Gasteiger partial charge is 0.259 e. The Labute approximate surface area is 195 Å². The van der Waals surface area contributed by atoms with Crippen LogP contribution in [-0.4, -0.2) is 32.2 Å². The third kappa shape index (κ3) is 4.23. The van der Waals surface area contributed by atoms with Crippen molar-refractivity contribution in [2.45, 2.75) is 18.7 Å². The Morgan fingerprint density at radius 1 is 1.06 bits per heavy atom. The Hall–Kier alpha value is -2.88. The molecule has 166 valence electrons. The van der Waals surface area contributed by atoms with Crippen molar-refractivity contribution in [3.8, 4) is 23.0 Å². The minimum atomic E-state index is -3.93. The normalized spacial score (nSPS) is 13.0. The molecule has 1 aliphatic rings. The van der Waals surface area contributed by atoms with Gasteiger partial charge in [0.1, 0.15) is 16.4 Å². The Bertz CT molecular complexity index is 1310. The fourth-order valence-corrected chi connectivity index (χ4v) is 4.75. The number of aryl methyl sites for hydroxylation is 1. The molecule has 4 rings (SSSR count). The number of carbonyl (C=O) groups is 1. The summed E-state index contributed by atoms with van der Waals surface area (Å²) < 4.78 is 40.5. The van der Waals surface area contributed by atoms with Gasteiger partial charge in [-0.15, -0.1) is 0 Å². The molecule has 7 nitrogen and oxygen atoms in total. The lowest BCUT2D eigenvalue weighted by molar-refractivity contribution is 0.102. The van der Waals surface area contributed by atoms with E-state index in [0.717, 1.165) is 10.0 Å². The number of sulfonamides is 1. The number of nitrogens with one attached hydrogen (secondary N) is 1. The summed E-state index contributed by atoms with van der Waals surface area (Å²) in [5.74, 6) is 0.705. The lowest BCUT2D eigenvalue weighted by Crippen LogP contribution is -2.27. The monoisotopic (exact) mass is 516 g/mol. The fraction of sp³-hybridized carbons (Fsp3) is 0.174. The van der Waals surface area contributed by atoms with Crippen molar-refractivity contribution in [2.24, 2.45) is 0 Å². The molecule has 1 heterocycles. The van der Waals surface area contributed by atoms with Crippen LogP contribution in [0.4, 0.5) is 5.69 Å². The second-order valence-electron chi connectivity index (χ2n) is 7.33. The molecule has 0 aliphatic carbocycles. The minimum Gasteiger partial charge on any atom is -0.456 e. The summed E-state index contributed by atoms with van der Waals surface area (Å²) in [7, 11) is -2.46. The molecule has 0 atom stereocenters. The third-order valence-electron chi connectivity index (χ3n) is 5.07. The van der Waals surface area contributed by atoms with E-state index in [2.05, 4.69) is 21.2 Å². The van der Waals surface area contributed by atoms with Crippen LogP contribution >= 0.6 is 15.9 Å². The lowest BCUT2D eigenvalue weighted by atomic mass is 10.1. The van der Waals surface area contributed by atoms with Crippen molar-refractivity contribution in [1.82, 2.24) is 4.31 Å². The Kier molecular flexibility index (Phi) is 5.98. The highest BCUT2D eigenvalue weighted by molar-refractivity contribution is 9.10. The van der Waals surface area contributed by atoms with E-state index < -0.39 is 15.9 Å². The number of anilines is 1. The van der Waals surface area contributed by atoms with Gasteiger partial charge in [-0.1, -0.05) is 28.9 Å². The number of ether oxygens (including phenoxy) is 2. The van der Waals surface area contributed by atoms with Crippen molar-refractivity contribution >= 4 is 37.5 Å². The van der Waals surface area contributed by atoms with Gasteiger partial charge in [-0.3, -0.25) is 4.79 Å². The molecule has 9 heteroatoms.